The number of aromatic nitrogens is 1. The molecular formula is C15H19N3O4. The zero-order valence-electron chi connectivity index (χ0n) is 12.1. The summed E-state index contributed by atoms with van der Waals surface area (Å²) in [5.41, 5.74) is 1.53. The number of aliphatic hydroxyl groups is 2. The number of aliphatic hydroxyl groups excluding tert-OH is 2. The molecule has 2 atom stereocenters. The molecule has 22 heavy (non-hydrogen) atoms. The fourth-order valence-electron chi connectivity index (χ4n) is 2.82. The summed E-state index contributed by atoms with van der Waals surface area (Å²) < 4.78 is 5.22. The predicted octanol–water partition coefficient (Wildman–Crippen LogP) is 0.507. The summed E-state index contributed by atoms with van der Waals surface area (Å²) in [5.74, 6) is 0. The number of β-amino-alcohol motifs (C(OH)–C–C–N with tert-alkyl or cyclic N) is 1. The maximum atomic E-state index is 12.1. The van der Waals surface area contributed by atoms with E-state index in [1.807, 2.05) is 24.3 Å². The minimum atomic E-state index is -0.567. The van der Waals surface area contributed by atoms with E-state index in [2.05, 4.69) is 10.5 Å². The smallest absolute Gasteiger partial charge is 0.317 e. The van der Waals surface area contributed by atoms with Crippen LogP contribution in [0.4, 0.5) is 4.79 Å². The molecule has 0 saturated carbocycles. The van der Waals surface area contributed by atoms with E-state index in [0.29, 0.717) is 19.4 Å². The molecule has 0 unspecified atom stereocenters. The summed E-state index contributed by atoms with van der Waals surface area (Å²) in [6.07, 6.45) is 0.406. The molecule has 1 aliphatic rings. The fourth-order valence-corrected chi connectivity index (χ4v) is 2.82. The summed E-state index contributed by atoms with van der Waals surface area (Å²) in [7, 11) is 0. The average molecular weight is 305 g/mol. The van der Waals surface area contributed by atoms with E-state index in [1.165, 1.54) is 4.90 Å². The number of hydrogen-bond acceptors (Lipinski definition) is 5. The number of fused-ring (bicyclic) bond motifs is 1. The van der Waals surface area contributed by atoms with Gasteiger partial charge < -0.3 is 25.0 Å². The number of nitrogens with zero attached hydrogens (tertiary/aromatic N) is 2. The maximum Gasteiger partial charge on any atom is 0.317 e. The van der Waals surface area contributed by atoms with Crippen LogP contribution in [0, 0.1) is 0 Å². The lowest BCUT2D eigenvalue weighted by molar-refractivity contribution is 0.155. The van der Waals surface area contributed by atoms with Crippen LogP contribution >= 0.6 is 0 Å². The fraction of sp³-hybridized carbons (Fsp3) is 0.467. The molecule has 118 valence electrons. The zero-order chi connectivity index (χ0) is 15.5. The zero-order valence-corrected chi connectivity index (χ0v) is 12.1. The van der Waals surface area contributed by atoms with Crippen molar-refractivity contribution in [3.05, 3.63) is 30.0 Å². The number of urea groups is 1. The number of para-hydroxylation sites is 1. The van der Waals surface area contributed by atoms with E-state index in [0.717, 1.165) is 16.7 Å². The lowest BCUT2D eigenvalue weighted by Crippen LogP contribution is -2.45. The highest BCUT2D eigenvalue weighted by Crippen LogP contribution is 2.19. The number of hydrogen-bond donors (Lipinski definition) is 3. The summed E-state index contributed by atoms with van der Waals surface area (Å²) in [5, 5.41) is 26.6. The molecule has 3 N–H and O–H groups in total. The number of rotatable bonds is 4. The van der Waals surface area contributed by atoms with Gasteiger partial charge in [0, 0.05) is 24.9 Å². The third-order valence-corrected chi connectivity index (χ3v) is 3.95. The van der Waals surface area contributed by atoms with Crippen LogP contribution in [0.2, 0.25) is 0 Å². The van der Waals surface area contributed by atoms with E-state index in [1.54, 1.807) is 0 Å². The molecule has 1 aliphatic heterocycles. The van der Waals surface area contributed by atoms with Crippen LogP contribution < -0.4 is 5.32 Å². The average Bonchev–Trinajstić information content (AvgIpc) is 3.11. The first-order valence-electron chi connectivity index (χ1n) is 7.35. The monoisotopic (exact) mass is 305 g/mol. The lowest BCUT2D eigenvalue weighted by Gasteiger charge is -2.22. The number of carbonyl (C=O) groups excluding carboxylic acids is 1. The Morgan fingerprint density at radius 3 is 3.09 bits per heavy atom. The van der Waals surface area contributed by atoms with Crippen LogP contribution in [0.5, 0.6) is 0 Å². The molecule has 1 aromatic carbocycles. The van der Waals surface area contributed by atoms with Crippen LogP contribution in [0.15, 0.2) is 28.8 Å². The SMILES string of the molecule is O=C(NCCc1noc2ccccc12)N1C[C@H](O)C[C@H]1CO. The van der Waals surface area contributed by atoms with Gasteiger partial charge in [-0.2, -0.15) is 0 Å². The molecule has 2 heterocycles. The van der Waals surface area contributed by atoms with Crippen LogP contribution in [-0.4, -0.2) is 58.1 Å². The highest BCUT2D eigenvalue weighted by molar-refractivity contribution is 5.79. The predicted molar refractivity (Wildman–Crippen MR) is 79.3 cm³/mol. The Bertz CT molecular complexity index is 657. The molecule has 0 spiro atoms. The van der Waals surface area contributed by atoms with Crippen molar-refractivity contribution >= 4 is 17.0 Å². The van der Waals surface area contributed by atoms with Gasteiger partial charge in [-0.05, 0) is 18.6 Å². The first-order valence-corrected chi connectivity index (χ1v) is 7.35. The molecule has 2 aromatic rings. The molecule has 7 heteroatoms. The second kappa shape index (κ2) is 6.33. The Hall–Kier alpha value is -2.12. The summed E-state index contributed by atoms with van der Waals surface area (Å²) in [6, 6.07) is 6.99. The van der Waals surface area contributed by atoms with Crippen molar-refractivity contribution in [1.82, 2.24) is 15.4 Å². The van der Waals surface area contributed by atoms with Crippen molar-refractivity contribution in [1.29, 1.82) is 0 Å². The number of amides is 2. The van der Waals surface area contributed by atoms with Gasteiger partial charge in [-0.25, -0.2) is 4.79 Å². The minimum Gasteiger partial charge on any atom is -0.394 e. The Balaban J connectivity index is 1.55. The topological polar surface area (TPSA) is 98.8 Å². The number of carbonyl (C=O) groups is 1. The Morgan fingerprint density at radius 2 is 2.27 bits per heavy atom. The van der Waals surface area contributed by atoms with Crippen molar-refractivity contribution in [2.45, 2.75) is 25.0 Å². The van der Waals surface area contributed by atoms with Crippen molar-refractivity contribution in [2.24, 2.45) is 0 Å². The normalized spacial score (nSPS) is 21.5. The third-order valence-electron chi connectivity index (χ3n) is 3.95. The molecule has 2 amide bonds. The third kappa shape index (κ3) is 2.90. The van der Waals surface area contributed by atoms with Gasteiger partial charge in [-0.1, -0.05) is 17.3 Å². The van der Waals surface area contributed by atoms with Gasteiger partial charge >= 0.3 is 6.03 Å². The minimum absolute atomic E-state index is 0.140. The summed E-state index contributed by atoms with van der Waals surface area (Å²) >= 11 is 0. The standard InChI is InChI=1S/C15H19N3O4/c19-9-10-7-11(20)8-18(10)15(21)16-6-5-13-12-3-1-2-4-14(12)22-17-13/h1-4,10-11,19-20H,5-9H2,(H,16,21)/t10-,11+/m0/s1. The first kappa shape index (κ1) is 14.8. The molecule has 7 nitrogen and oxygen atoms in total. The summed E-state index contributed by atoms with van der Waals surface area (Å²) in [6.45, 7) is 0.530. The van der Waals surface area contributed by atoms with Crippen molar-refractivity contribution in [3.8, 4) is 0 Å². The number of likely N-dealkylation sites (tertiary alicyclic amines) is 1. The van der Waals surface area contributed by atoms with Gasteiger partial charge in [0.2, 0.25) is 0 Å². The molecule has 0 radical (unpaired) electrons. The van der Waals surface area contributed by atoms with Gasteiger partial charge in [0.1, 0.15) is 0 Å². The van der Waals surface area contributed by atoms with Gasteiger partial charge in [-0.3, -0.25) is 0 Å². The Morgan fingerprint density at radius 1 is 1.45 bits per heavy atom. The van der Waals surface area contributed by atoms with Gasteiger partial charge in [0.15, 0.2) is 5.58 Å². The maximum absolute atomic E-state index is 12.1. The van der Waals surface area contributed by atoms with E-state index in [-0.39, 0.29) is 25.2 Å². The quantitative estimate of drug-likeness (QED) is 0.764. The highest BCUT2D eigenvalue weighted by Gasteiger charge is 2.33. The van der Waals surface area contributed by atoms with Crippen LogP contribution in [0.3, 0.4) is 0 Å². The lowest BCUT2D eigenvalue weighted by atomic mass is 10.2. The van der Waals surface area contributed by atoms with Crippen molar-refractivity contribution in [2.75, 3.05) is 19.7 Å². The molecule has 1 aromatic heterocycles. The van der Waals surface area contributed by atoms with E-state index < -0.39 is 6.10 Å². The Kier molecular flexibility index (Phi) is 4.26. The second-order valence-corrected chi connectivity index (χ2v) is 5.49. The van der Waals surface area contributed by atoms with Crippen molar-refractivity contribution in [3.63, 3.8) is 0 Å². The van der Waals surface area contributed by atoms with Crippen molar-refractivity contribution < 1.29 is 19.5 Å². The summed E-state index contributed by atoms with van der Waals surface area (Å²) in [4.78, 5) is 13.6. The van der Waals surface area contributed by atoms with Crippen LogP contribution in [-0.2, 0) is 6.42 Å². The molecule has 0 bridgehead atoms. The molecule has 1 saturated heterocycles. The molecular weight excluding hydrogens is 286 g/mol. The van der Waals surface area contributed by atoms with Crippen LogP contribution in [0.1, 0.15) is 12.1 Å². The van der Waals surface area contributed by atoms with Crippen LogP contribution in [0.25, 0.3) is 11.0 Å². The largest absolute Gasteiger partial charge is 0.394 e. The number of benzene rings is 1. The van der Waals surface area contributed by atoms with E-state index in [9.17, 15) is 15.0 Å². The first-order chi connectivity index (χ1) is 10.7. The molecule has 0 aliphatic carbocycles. The Labute approximate surface area is 127 Å². The second-order valence-electron chi connectivity index (χ2n) is 5.49. The number of nitrogens with one attached hydrogen (secondary N) is 1. The van der Waals surface area contributed by atoms with Gasteiger partial charge in [0.25, 0.3) is 0 Å². The van der Waals surface area contributed by atoms with Gasteiger partial charge in [0.05, 0.1) is 24.4 Å². The van der Waals surface area contributed by atoms with E-state index >= 15 is 0 Å². The van der Waals surface area contributed by atoms with Gasteiger partial charge in [-0.15, -0.1) is 0 Å². The van der Waals surface area contributed by atoms with E-state index in [4.69, 9.17) is 4.52 Å². The molecule has 1 fully saturated rings. The highest BCUT2D eigenvalue weighted by atomic mass is 16.5. The molecule has 3 rings (SSSR count).